The van der Waals surface area contributed by atoms with Crippen molar-refractivity contribution in [3.63, 3.8) is 0 Å². The minimum Gasteiger partial charge on any atom is -0.496 e. The monoisotopic (exact) mass is 245 g/mol. The molecule has 0 fully saturated rings. The minimum atomic E-state index is 0.632. The quantitative estimate of drug-likeness (QED) is 0.821. The van der Waals surface area contributed by atoms with Gasteiger partial charge in [0.25, 0.3) is 0 Å². The summed E-state index contributed by atoms with van der Waals surface area (Å²) >= 11 is 0. The lowest BCUT2D eigenvalue weighted by Crippen LogP contribution is -2.06. The predicted molar refractivity (Wildman–Crippen MR) is 68.0 cm³/mol. The summed E-state index contributed by atoms with van der Waals surface area (Å²) in [5.41, 5.74) is 2.44. The molecule has 18 heavy (non-hydrogen) atoms. The fourth-order valence-corrected chi connectivity index (χ4v) is 2.30. The summed E-state index contributed by atoms with van der Waals surface area (Å²) in [6, 6.07) is 3.97. The zero-order valence-electron chi connectivity index (χ0n) is 10.7. The average molecular weight is 245 g/mol. The summed E-state index contributed by atoms with van der Waals surface area (Å²) in [5, 5.41) is 9.20. The van der Waals surface area contributed by atoms with E-state index in [-0.39, 0.29) is 0 Å². The molecule has 0 heterocycles. The van der Waals surface area contributed by atoms with Crippen LogP contribution >= 0.6 is 0 Å². The second-order valence-electron chi connectivity index (χ2n) is 3.94. The van der Waals surface area contributed by atoms with Crippen LogP contribution in [0.25, 0.3) is 5.57 Å². The van der Waals surface area contributed by atoms with Crippen molar-refractivity contribution in [1.29, 1.82) is 5.26 Å². The molecular weight excluding hydrogens is 230 g/mol. The predicted octanol–water partition coefficient (Wildman–Crippen LogP) is 2.57. The standard InChI is InChI=1S/C14H15NO3/c1-16-11-7-12(17-2)14(18-3)10-6-4-5-9(8-15)13(10)11/h5,7H,4,6H2,1-3H3. The highest BCUT2D eigenvalue weighted by Crippen LogP contribution is 2.44. The van der Waals surface area contributed by atoms with E-state index < -0.39 is 0 Å². The van der Waals surface area contributed by atoms with E-state index in [9.17, 15) is 5.26 Å². The van der Waals surface area contributed by atoms with Gasteiger partial charge in [-0.15, -0.1) is 0 Å². The van der Waals surface area contributed by atoms with E-state index in [1.54, 1.807) is 27.4 Å². The normalized spacial score (nSPS) is 13.1. The van der Waals surface area contributed by atoms with E-state index in [0.717, 1.165) is 24.0 Å². The van der Waals surface area contributed by atoms with Crippen LogP contribution in [0.5, 0.6) is 17.2 Å². The number of hydrogen-bond donors (Lipinski definition) is 0. The van der Waals surface area contributed by atoms with Crippen molar-refractivity contribution >= 4 is 5.57 Å². The second kappa shape index (κ2) is 5.01. The van der Waals surface area contributed by atoms with Gasteiger partial charge in [-0.25, -0.2) is 0 Å². The number of rotatable bonds is 3. The highest BCUT2D eigenvalue weighted by Gasteiger charge is 2.24. The highest BCUT2D eigenvalue weighted by atomic mass is 16.5. The van der Waals surface area contributed by atoms with Crippen molar-refractivity contribution < 1.29 is 14.2 Å². The minimum absolute atomic E-state index is 0.632. The van der Waals surface area contributed by atoms with Gasteiger partial charge < -0.3 is 14.2 Å². The number of fused-ring (bicyclic) bond motifs is 1. The first-order valence-corrected chi connectivity index (χ1v) is 5.69. The molecule has 4 heteroatoms. The van der Waals surface area contributed by atoms with Crippen molar-refractivity contribution in [2.45, 2.75) is 12.8 Å². The van der Waals surface area contributed by atoms with Gasteiger partial charge in [-0.1, -0.05) is 6.08 Å². The molecule has 1 aromatic rings. The summed E-state index contributed by atoms with van der Waals surface area (Å²) in [7, 11) is 4.79. The first kappa shape index (κ1) is 12.3. The molecule has 0 unspecified atom stereocenters. The molecule has 0 saturated heterocycles. The van der Waals surface area contributed by atoms with Gasteiger partial charge in [-0.05, 0) is 12.8 Å². The van der Waals surface area contributed by atoms with Gasteiger partial charge in [0.1, 0.15) is 5.75 Å². The molecule has 0 radical (unpaired) electrons. The maximum absolute atomic E-state index is 9.20. The first-order chi connectivity index (χ1) is 8.76. The molecule has 1 aromatic carbocycles. The van der Waals surface area contributed by atoms with E-state index in [1.165, 1.54) is 0 Å². The van der Waals surface area contributed by atoms with E-state index in [1.807, 2.05) is 6.08 Å². The van der Waals surface area contributed by atoms with Crippen molar-refractivity contribution in [2.75, 3.05) is 21.3 Å². The number of hydrogen-bond acceptors (Lipinski definition) is 4. The molecular formula is C14H15NO3. The SMILES string of the molecule is COc1cc(OC)c2c(c1OC)CCC=C2C#N. The molecule has 0 spiro atoms. The van der Waals surface area contributed by atoms with Crippen LogP contribution in [-0.2, 0) is 6.42 Å². The zero-order valence-corrected chi connectivity index (χ0v) is 10.7. The Balaban J connectivity index is 2.75. The molecule has 0 atom stereocenters. The van der Waals surface area contributed by atoms with E-state index in [4.69, 9.17) is 14.2 Å². The number of nitriles is 1. The van der Waals surface area contributed by atoms with E-state index in [2.05, 4.69) is 6.07 Å². The van der Waals surface area contributed by atoms with Crippen LogP contribution in [0.4, 0.5) is 0 Å². The Morgan fingerprint density at radius 3 is 2.39 bits per heavy atom. The molecule has 0 bridgehead atoms. The molecule has 0 amide bonds. The lowest BCUT2D eigenvalue weighted by Gasteiger charge is -2.21. The molecule has 1 aliphatic rings. The molecule has 0 N–H and O–H groups in total. The van der Waals surface area contributed by atoms with Crippen LogP contribution in [0.1, 0.15) is 17.5 Å². The summed E-state index contributed by atoms with van der Waals surface area (Å²) in [6.07, 6.45) is 3.57. The van der Waals surface area contributed by atoms with E-state index >= 15 is 0 Å². The number of methoxy groups -OCH3 is 3. The fourth-order valence-electron chi connectivity index (χ4n) is 2.30. The second-order valence-corrected chi connectivity index (χ2v) is 3.94. The molecule has 94 valence electrons. The largest absolute Gasteiger partial charge is 0.496 e. The van der Waals surface area contributed by atoms with Gasteiger partial charge in [-0.3, -0.25) is 0 Å². The van der Waals surface area contributed by atoms with Gasteiger partial charge in [0.15, 0.2) is 11.5 Å². The van der Waals surface area contributed by atoms with Gasteiger partial charge in [0.2, 0.25) is 0 Å². The molecule has 1 aliphatic carbocycles. The summed E-state index contributed by atoms with van der Waals surface area (Å²) in [4.78, 5) is 0. The third kappa shape index (κ3) is 1.78. The average Bonchev–Trinajstić information content (AvgIpc) is 2.44. The van der Waals surface area contributed by atoms with Crippen molar-refractivity contribution in [1.82, 2.24) is 0 Å². The molecule has 0 saturated carbocycles. The Labute approximate surface area is 106 Å². The fraction of sp³-hybridized carbons (Fsp3) is 0.357. The van der Waals surface area contributed by atoms with Gasteiger partial charge in [-0.2, -0.15) is 5.26 Å². The number of allylic oxidation sites excluding steroid dienone is 2. The third-order valence-corrected chi connectivity index (χ3v) is 3.08. The van der Waals surface area contributed by atoms with Crippen LogP contribution in [-0.4, -0.2) is 21.3 Å². The van der Waals surface area contributed by atoms with Crippen LogP contribution in [0.3, 0.4) is 0 Å². The molecule has 0 aromatic heterocycles. The Morgan fingerprint density at radius 2 is 1.83 bits per heavy atom. The zero-order chi connectivity index (χ0) is 13.1. The lowest BCUT2D eigenvalue weighted by molar-refractivity contribution is 0.345. The van der Waals surface area contributed by atoms with Gasteiger partial charge in [0.05, 0.1) is 33.0 Å². The van der Waals surface area contributed by atoms with Crippen LogP contribution in [0, 0.1) is 11.3 Å². The smallest absolute Gasteiger partial charge is 0.164 e. The first-order valence-electron chi connectivity index (χ1n) is 5.69. The van der Waals surface area contributed by atoms with Gasteiger partial charge in [0, 0.05) is 17.2 Å². The third-order valence-electron chi connectivity index (χ3n) is 3.08. The number of nitrogens with zero attached hydrogens (tertiary/aromatic N) is 1. The van der Waals surface area contributed by atoms with Crippen LogP contribution in [0.2, 0.25) is 0 Å². The molecule has 2 rings (SSSR count). The number of ether oxygens (including phenoxy) is 3. The highest BCUT2D eigenvalue weighted by molar-refractivity contribution is 5.85. The van der Waals surface area contributed by atoms with Crippen molar-refractivity contribution in [3.05, 3.63) is 23.3 Å². The Hall–Kier alpha value is -2.15. The maximum atomic E-state index is 9.20. The summed E-state index contributed by atoms with van der Waals surface area (Å²) in [5.74, 6) is 1.97. The summed E-state index contributed by atoms with van der Waals surface area (Å²) < 4.78 is 16.1. The van der Waals surface area contributed by atoms with Crippen molar-refractivity contribution in [3.8, 4) is 23.3 Å². The summed E-state index contributed by atoms with van der Waals surface area (Å²) in [6.45, 7) is 0. The van der Waals surface area contributed by atoms with E-state index in [0.29, 0.717) is 22.8 Å². The van der Waals surface area contributed by atoms with Crippen LogP contribution < -0.4 is 14.2 Å². The Kier molecular flexibility index (Phi) is 3.42. The van der Waals surface area contributed by atoms with Gasteiger partial charge >= 0.3 is 0 Å². The molecule has 0 aliphatic heterocycles. The Morgan fingerprint density at radius 1 is 1.11 bits per heavy atom. The number of benzene rings is 1. The van der Waals surface area contributed by atoms with Crippen LogP contribution in [0.15, 0.2) is 12.1 Å². The molecule has 4 nitrogen and oxygen atoms in total. The lowest BCUT2D eigenvalue weighted by atomic mass is 9.89. The van der Waals surface area contributed by atoms with Crippen molar-refractivity contribution in [2.24, 2.45) is 0 Å². The topological polar surface area (TPSA) is 51.5 Å². The Bertz CT molecular complexity index is 541. The maximum Gasteiger partial charge on any atom is 0.164 e.